The fraction of sp³-hybridized carbons (Fsp3) is 0.400. The number of hydrogen-bond donors (Lipinski definition) is 1. The van der Waals surface area contributed by atoms with Gasteiger partial charge in [0, 0.05) is 29.7 Å². The number of aryl methyl sites for hydroxylation is 2. The molecule has 0 bridgehead atoms. The van der Waals surface area contributed by atoms with Crippen LogP contribution in [0.15, 0.2) is 30.3 Å². The van der Waals surface area contributed by atoms with Crippen molar-refractivity contribution in [3.63, 3.8) is 0 Å². The lowest BCUT2D eigenvalue weighted by molar-refractivity contribution is 0.0557. The first-order valence-electron chi connectivity index (χ1n) is 6.43. The van der Waals surface area contributed by atoms with Gasteiger partial charge in [-0.3, -0.25) is 4.68 Å². The SMILES string of the molecule is CCc1cc(CC(C)(O)c2ccccc2Cl)n(C)n1. The maximum atomic E-state index is 10.7. The predicted octanol–water partition coefficient (Wildman–Crippen LogP) is 3.09. The summed E-state index contributed by atoms with van der Waals surface area (Å²) in [5.74, 6) is 0. The second kappa shape index (κ2) is 5.35. The molecule has 1 aromatic carbocycles. The number of rotatable bonds is 4. The van der Waals surface area contributed by atoms with Gasteiger partial charge in [-0.05, 0) is 25.5 Å². The molecule has 0 fully saturated rings. The van der Waals surface area contributed by atoms with Crippen LogP contribution in [0.2, 0.25) is 5.02 Å². The highest BCUT2D eigenvalue weighted by atomic mass is 35.5. The maximum absolute atomic E-state index is 10.7. The van der Waals surface area contributed by atoms with Crippen LogP contribution in [0.1, 0.15) is 30.8 Å². The third-order valence-corrected chi connectivity index (χ3v) is 3.70. The van der Waals surface area contributed by atoms with Crippen LogP contribution in [0.5, 0.6) is 0 Å². The molecule has 0 saturated carbocycles. The second-order valence-corrected chi connectivity index (χ2v) is 5.44. The minimum atomic E-state index is -1.00. The molecular formula is C15H19ClN2O. The Morgan fingerprint density at radius 1 is 1.37 bits per heavy atom. The molecule has 19 heavy (non-hydrogen) atoms. The summed E-state index contributed by atoms with van der Waals surface area (Å²) < 4.78 is 1.82. The fourth-order valence-corrected chi connectivity index (χ4v) is 2.59. The van der Waals surface area contributed by atoms with Gasteiger partial charge in [-0.1, -0.05) is 36.7 Å². The van der Waals surface area contributed by atoms with E-state index in [0.29, 0.717) is 11.4 Å². The molecule has 3 nitrogen and oxygen atoms in total. The van der Waals surface area contributed by atoms with E-state index in [0.717, 1.165) is 23.4 Å². The zero-order valence-electron chi connectivity index (χ0n) is 11.5. The number of aromatic nitrogens is 2. The van der Waals surface area contributed by atoms with Crippen molar-refractivity contribution in [3.8, 4) is 0 Å². The van der Waals surface area contributed by atoms with Gasteiger partial charge < -0.3 is 5.11 Å². The largest absolute Gasteiger partial charge is 0.385 e. The number of nitrogens with zero attached hydrogens (tertiary/aromatic N) is 2. The zero-order chi connectivity index (χ0) is 14.0. The molecule has 0 aliphatic heterocycles. The van der Waals surface area contributed by atoms with E-state index in [-0.39, 0.29) is 0 Å². The molecule has 1 N–H and O–H groups in total. The van der Waals surface area contributed by atoms with E-state index >= 15 is 0 Å². The van der Waals surface area contributed by atoms with E-state index in [2.05, 4.69) is 12.0 Å². The molecule has 0 aliphatic carbocycles. The standard InChI is InChI=1S/C15H19ClN2O/c1-4-11-9-12(18(3)17-11)10-15(2,19)13-7-5-6-8-14(13)16/h5-9,19H,4,10H2,1-3H3. The molecule has 0 radical (unpaired) electrons. The van der Waals surface area contributed by atoms with Crippen LogP contribution < -0.4 is 0 Å². The van der Waals surface area contributed by atoms with Crippen molar-refractivity contribution in [2.24, 2.45) is 7.05 Å². The summed E-state index contributed by atoms with van der Waals surface area (Å²) in [6, 6.07) is 9.44. The molecule has 0 spiro atoms. The maximum Gasteiger partial charge on any atom is 0.0937 e. The van der Waals surface area contributed by atoms with E-state index in [9.17, 15) is 5.11 Å². The highest BCUT2D eigenvalue weighted by Crippen LogP contribution is 2.30. The Balaban J connectivity index is 2.30. The number of halogens is 1. The van der Waals surface area contributed by atoms with Crippen molar-refractivity contribution in [3.05, 3.63) is 52.3 Å². The summed E-state index contributed by atoms with van der Waals surface area (Å²) in [5.41, 5.74) is 1.78. The molecule has 2 aromatic rings. The Morgan fingerprint density at radius 3 is 2.63 bits per heavy atom. The van der Waals surface area contributed by atoms with E-state index < -0.39 is 5.60 Å². The van der Waals surface area contributed by atoms with Crippen LogP contribution in [-0.4, -0.2) is 14.9 Å². The lowest BCUT2D eigenvalue weighted by Crippen LogP contribution is -2.26. The van der Waals surface area contributed by atoms with Gasteiger partial charge in [0.2, 0.25) is 0 Å². The number of hydrogen-bond acceptors (Lipinski definition) is 2. The van der Waals surface area contributed by atoms with Crippen molar-refractivity contribution < 1.29 is 5.11 Å². The summed E-state index contributed by atoms with van der Waals surface area (Å²) in [6.45, 7) is 3.85. The molecule has 2 rings (SSSR count). The third kappa shape index (κ3) is 2.99. The van der Waals surface area contributed by atoms with Gasteiger partial charge >= 0.3 is 0 Å². The first-order chi connectivity index (χ1) is 8.94. The first-order valence-corrected chi connectivity index (χ1v) is 6.81. The van der Waals surface area contributed by atoms with Gasteiger partial charge in [0.05, 0.1) is 11.3 Å². The van der Waals surface area contributed by atoms with Gasteiger partial charge in [-0.2, -0.15) is 5.10 Å². The Kier molecular flexibility index (Phi) is 3.97. The van der Waals surface area contributed by atoms with Crippen molar-refractivity contribution in [1.29, 1.82) is 0 Å². The average Bonchev–Trinajstić information content (AvgIpc) is 2.70. The summed E-state index contributed by atoms with van der Waals surface area (Å²) in [7, 11) is 1.90. The normalized spacial score (nSPS) is 14.4. The molecule has 1 unspecified atom stereocenters. The number of benzene rings is 1. The smallest absolute Gasteiger partial charge is 0.0937 e. The molecule has 0 saturated heterocycles. The molecule has 0 aliphatic rings. The summed E-state index contributed by atoms with van der Waals surface area (Å²) in [6.07, 6.45) is 1.38. The van der Waals surface area contributed by atoms with Gasteiger partial charge in [-0.15, -0.1) is 0 Å². The predicted molar refractivity (Wildman–Crippen MR) is 77.3 cm³/mol. The van der Waals surface area contributed by atoms with Crippen molar-refractivity contribution in [1.82, 2.24) is 9.78 Å². The van der Waals surface area contributed by atoms with Crippen LogP contribution in [0.3, 0.4) is 0 Å². The van der Waals surface area contributed by atoms with E-state index in [1.807, 2.05) is 36.0 Å². The van der Waals surface area contributed by atoms with Gasteiger partial charge in [0.1, 0.15) is 0 Å². The van der Waals surface area contributed by atoms with Crippen LogP contribution in [0.25, 0.3) is 0 Å². The van der Waals surface area contributed by atoms with E-state index in [1.165, 1.54) is 0 Å². The van der Waals surface area contributed by atoms with Crippen LogP contribution >= 0.6 is 11.6 Å². The van der Waals surface area contributed by atoms with Crippen molar-refractivity contribution in [2.45, 2.75) is 32.3 Å². The Bertz CT molecular complexity index is 575. The van der Waals surface area contributed by atoms with Crippen molar-refractivity contribution in [2.75, 3.05) is 0 Å². The van der Waals surface area contributed by atoms with Gasteiger partial charge in [0.15, 0.2) is 0 Å². The van der Waals surface area contributed by atoms with Crippen LogP contribution in [-0.2, 0) is 25.5 Å². The Hall–Kier alpha value is -1.32. The van der Waals surface area contributed by atoms with Gasteiger partial charge in [-0.25, -0.2) is 0 Å². The van der Waals surface area contributed by atoms with Crippen LogP contribution in [0, 0.1) is 0 Å². The Morgan fingerprint density at radius 2 is 2.05 bits per heavy atom. The lowest BCUT2D eigenvalue weighted by atomic mass is 9.91. The van der Waals surface area contributed by atoms with Crippen molar-refractivity contribution >= 4 is 11.6 Å². The minimum Gasteiger partial charge on any atom is -0.385 e. The molecular weight excluding hydrogens is 260 g/mol. The van der Waals surface area contributed by atoms with E-state index in [1.54, 1.807) is 13.0 Å². The molecule has 4 heteroatoms. The third-order valence-electron chi connectivity index (χ3n) is 3.37. The molecule has 1 aromatic heterocycles. The quantitative estimate of drug-likeness (QED) is 0.933. The first kappa shape index (κ1) is 14.1. The molecule has 102 valence electrons. The highest BCUT2D eigenvalue weighted by molar-refractivity contribution is 6.31. The van der Waals surface area contributed by atoms with Gasteiger partial charge in [0.25, 0.3) is 0 Å². The summed E-state index contributed by atoms with van der Waals surface area (Å²) in [4.78, 5) is 0. The molecule has 0 amide bonds. The Labute approximate surface area is 118 Å². The van der Waals surface area contributed by atoms with Crippen LogP contribution in [0.4, 0.5) is 0 Å². The average molecular weight is 279 g/mol. The molecule has 1 atom stereocenters. The monoisotopic (exact) mass is 278 g/mol. The summed E-state index contributed by atoms with van der Waals surface area (Å²) in [5, 5.41) is 15.7. The number of aliphatic hydroxyl groups is 1. The zero-order valence-corrected chi connectivity index (χ0v) is 12.3. The lowest BCUT2D eigenvalue weighted by Gasteiger charge is -2.24. The topological polar surface area (TPSA) is 38.0 Å². The highest BCUT2D eigenvalue weighted by Gasteiger charge is 2.27. The fourth-order valence-electron chi connectivity index (χ4n) is 2.26. The van der Waals surface area contributed by atoms with E-state index in [4.69, 9.17) is 11.6 Å². The summed E-state index contributed by atoms with van der Waals surface area (Å²) >= 11 is 6.16. The minimum absolute atomic E-state index is 0.486. The second-order valence-electron chi connectivity index (χ2n) is 5.03. The molecule has 1 heterocycles.